The van der Waals surface area contributed by atoms with Gasteiger partial charge in [0, 0.05) is 38.8 Å². The van der Waals surface area contributed by atoms with E-state index in [2.05, 4.69) is 32.8 Å². The molecule has 2 saturated heterocycles. The molecule has 29 heavy (non-hydrogen) atoms. The molecule has 2 atom stereocenters. The molecule has 0 radical (unpaired) electrons. The van der Waals surface area contributed by atoms with E-state index >= 15 is 0 Å². The fraction of sp³-hybridized carbons (Fsp3) is 0.857. The number of nitrogens with one attached hydrogen (secondary N) is 3. The van der Waals surface area contributed by atoms with E-state index in [0.717, 1.165) is 32.0 Å². The Balaban J connectivity index is 1.70. The number of aliphatic imine (C=N–C) groups is 1. The minimum atomic E-state index is -0.761. The smallest absolute Gasteiger partial charge is 0.325 e. The quantitative estimate of drug-likeness (QED) is 0.222. The molecule has 2 unspecified atom stereocenters. The molecule has 8 nitrogen and oxygen atoms in total. The minimum absolute atomic E-state index is 0.133. The summed E-state index contributed by atoms with van der Waals surface area (Å²) in [5.74, 6) is 0.667. The maximum absolute atomic E-state index is 12.4. The Hall–Kier alpha value is -1.83. The number of piperidine rings is 1. The molecule has 2 heterocycles. The highest BCUT2D eigenvalue weighted by Crippen LogP contribution is 2.20. The Morgan fingerprint density at radius 1 is 1.21 bits per heavy atom. The lowest BCUT2D eigenvalue weighted by Gasteiger charge is -2.33. The van der Waals surface area contributed by atoms with Crippen molar-refractivity contribution in [3.8, 4) is 0 Å². The molecule has 0 bridgehead atoms. The number of hydrogen-bond acceptors (Lipinski definition) is 4. The molecule has 2 fully saturated rings. The number of urea groups is 1. The largest absolute Gasteiger partial charge is 0.357 e. The van der Waals surface area contributed by atoms with Crippen molar-refractivity contribution in [2.24, 2.45) is 4.99 Å². The summed E-state index contributed by atoms with van der Waals surface area (Å²) in [5.41, 5.74) is -0.761. The van der Waals surface area contributed by atoms with E-state index < -0.39 is 5.54 Å². The molecular formula is C21H40N6O2. The van der Waals surface area contributed by atoms with Crippen molar-refractivity contribution in [1.29, 1.82) is 0 Å². The molecule has 8 heteroatoms. The molecule has 0 aromatic heterocycles. The predicted octanol–water partition coefficient (Wildman–Crippen LogP) is 1.92. The topological polar surface area (TPSA) is 89.1 Å². The van der Waals surface area contributed by atoms with Crippen molar-refractivity contribution < 1.29 is 9.59 Å². The van der Waals surface area contributed by atoms with Gasteiger partial charge in [-0.1, -0.05) is 13.3 Å². The van der Waals surface area contributed by atoms with Crippen LogP contribution in [-0.2, 0) is 4.79 Å². The summed E-state index contributed by atoms with van der Waals surface area (Å²) < 4.78 is 0. The highest BCUT2D eigenvalue weighted by molar-refractivity contribution is 6.06. The Labute approximate surface area is 175 Å². The summed E-state index contributed by atoms with van der Waals surface area (Å²) in [6.07, 6.45) is 6.32. The zero-order chi connectivity index (χ0) is 21.3. The molecule has 0 spiro atoms. The summed E-state index contributed by atoms with van der Waals surface area (Å²) in [7, 11) is 0. The van der Waals surface area contributed by atoms with Gasteiger partial charge >= 0.3 is 6.03 Å². The highest BCUT2D eigenvalue weighted by atomic mass is 16.2. The maximum Gasteiger partial charge on any atom is 0.325 e. The lowest BCUT2D eigenvalue weighted by Crippen LogP contribution is -2.43. The number of likely N-dealkylation sites (tertiary alicyclic amines) is 1. The number of rotatable bonds is 10. The van der Waals surface area contributed by atoms with E-state index in [4.69, 9.17) is 0 Å². The summed E-state index contributed by atoms with van der Waals surface area (Å²) in [6.45, 7) is 13.1. The molecule has 0 aromatic carbocycles. The average molecular weight is 409 g/mol. The zero-order valence-corrected chi connectivity index (χ0v) is 18.7. The first-order chi connectivity index (χ1) is 13.9. The van der Waals surface area contributed by atoms with Crippen molar-refractivity contribution >= 4 is 17.9 Å². The van der Waals surface area contributed by atoms with Gasteiger partial charge in [-0.15, -0.1) is 0 Å². The second-order valence-corrected chi connectivity index (χ2v) is 8.35. The first kappa shape index (κ1) is 23.4. The third-order valence-corrected chi connectivity index (χ3v) is 6.06. The fourth-order valence-corrected chi connectivity index (χ4v) is 3.93. The summed E-state index contributed by atoms with van der Waals surface area (Å²) in [6, 6.07) is 0.408. The van der Waals surface area contributed by atoms with Crippen LogP contribution in [0.4, 0.5) is 4.79 Å². The monoisotopic (exact) mass is 408 g/mol. The Morgan fingerprint density at radius 2 is 2.00 bits per heavy atom. The van der Waals surface area contributed by atoms with Gasteiger partial charge in [0.15, 0.2) is 5.96 Å². The Morgan fingerprint density at radius 3 is 2.66 bits per heavy atom. The fourth-order valence-electron chi connectivity index (χ4n) is 3.93. The minimum Gasteiger partial charge on any atom is -0.357 e. The normalized spacial score (nSPS) is 26.0. The van der Waals surface area contributed by atoms with Crippen LogP contribution >= 0.6 is 0 Å². The van der Waals surface area contributed by atoms with Crippen molar-refractivity contribution in [1.82, 2.24) is 25.8 Å². The summed E-state index contributed by atoms with van der Waals surface area (Å²) >= 11 is 0. The second-order valence-electron chi connectivity index (χ2n) is 8.35. The van der Waals surface area contributed by atoms with Gasteiger partial charge in [0.25, 0.3) is 5.91 Å². The second kappa shape index (κ2) is 11.4. The van der Waals surface area contributed by atoms with Gasteiger partial charge in [0.2, 0.25) is 0 Å². The molecule has 2 aliphatic heterocycles. The van der Waals surface area contributed by atoms with E-state index in [1.807, 2.05) is 13.8 Å². The van der Waals surface area contributed by atoms with Crippen molar-refractivity contribution in [2.45, 2.75) is 77.8 Å². The number of nitrogens with zero attached hydrogens (tertiary/aromatic N) is 3. The molecule has 166 valence electrons. The van der Waals surface area contributed by atoms with Gasteiger partial charge in [-0.2, -0.15) is 0 Å². The van der Waals surface area contributed by atoms with Gasteiger partial charge in [-0.05, 0) is 59.4 Å². The number of carbonyl (C=O) groups excluding carboxylic acids is 2. The van der Waals surface area contributed by atoms with E-state index in [1.54, 1.807) is 6.92 Å². The molecule has 3 amide bonds. The maximum atomic E-state index is 12.4. The van der Waals surface area contributed by atoms with Crippen LogP contribution in [0.25, 0.3) is 0 Å². The third-order valence-electron chi connectivity index (χ3n) is 6.06. The van der Waals surface area contributed by atoms with E-state index in [9.17, 15) is 9.59 Å². The van der Waals surface area contributed by atoms with Gasteiger partial charge in [-0.25, -0.2) is 4.79 Å². The first-order valence-electron chi connectivity index (χ1n) is 11.3. The number of hydrogen-bond donors (Lipinski definition) is 3. The van der Waals surface area contributed by atoms with E-state index in [0.29, 0.717) is 32.0 Å². The SMILES string of the molecule is CCNC(=NCCCN1C(=O)NC(C)(CC)C1=O)NCCCN1CCCCC1C. The first-order valence-corrected chi connectivity index (χ1v) is 11.3. The van der Waals surface area contributed by atoms with E-state index in [-0.39, 0.29) is 11.9 Å². The molecular weight excluding hydrogens is 368 g/mol. The third kappa shape index (κ3) is 6.59. The Bertz CT molecular complexity index is 582. The van der Waals surface area contributed by atoms with Gasteiger partial charge in [0.05, 0.1) is 0 Å². The van der Waals surface area contributed by atoms with Crippen molar-refractivity contribution in [3.05, 3.63) is 0 Å². The van der Waals surface area contributed by atoms with Crippen LogP contribution in [0, 0.1) is 0 Å². The van der Waals surface area contributed by atoms with Crippen LogP contribution in [0.1, 0.15) is 66.2 Å². The lowest BCUT2D eigenvalue weighted by atomic mass is 9.99. The Kier molecular flexibility index (Phi) is 9.20. The summed E-state index contributed by atoms with van der Waals surface area (Å²) in [5, 5.41) is 9.45. The van der Waals surface area contributed by atoms with Crippen LogP contribution in [0.15, 0.2) is 4.99 Å². The van der Waals surface area contributed by atoms with Gasteiger partial charge in [0.1, 0.15) is 5.54 Å². The van der Waals surface area contributed by atoms with E-state index in [1.165, 1.54) is 30.7 Å². The predicted molar refractivity (Wildman–Crippen MR) is 117 cm³/mol. The van der Waals surface area contributed by atoms with Gasteiger partial charge in [-0.3, -0.25) is 14.7 Å². The van der Waals surface area contributed by atoms with Crippen LogP contribution in [-0.4, -0.2) is 78.5 Å². The molecule has 0 saturated carbocycles. The molecule has 0 aromatic rings. The summed E-state index contributed by atoms with van der Waals surface area (Å²) in [4.78, 5) is 32.9. The zero-order valence-electron chi connectivity index (χ0n) is 18.7. The number of guanidine groups is 1. The van der Waals surface area contributed by atoms with Crippen LogP contribution in [0.3, 0.4) is 0 Å². The van der Waals surface area contributed by atoms with Crippen molar-refractivity contribution in [3.63, 3.8) is 0 Å². The van der Waals surface area contributed by atoms with Crippen LogP contribution in [0.5, 0.6) is 0 Å². The molecule has 3 N–H and O–H groups in total. The van der Waals surface area contributed by atoms with Crippen LogP contribution in [0.2, 0.25) is 0 Å². The number of amides is 3. The lowest BCUT2D eigenvalue weighted by molar-refractivity contribution is -0.130. The van der Waals surface area contributed by atoms with Gasteiger partial charge < -0.3 is 20.9 Å². The molecule has 2 aliphatic rings. The van der Waals surface area contributed by atoms with Crippen LogP contribution < -0.4 is 16.0 Å². The van der Waals surface area contributed by atoms with Crippen molar-refractivity contribution in [2.75, 3.05) is 39.3 Å². The molecule has 0 aliphatic carbocycles. The standard InChI is InChI=1S/C21H40N6O2/c1-5-21(4)18(28)27(20(29)25-21)16-10-13-24-19(22-6-2)23-12-9-15-26-14-8-7-11-17(26)3/h17H,5-16H2,1-4H3,(H,25,29)(H2,22,23,24). The average Bonchev–Trinajstić information content (AvgIpc) is 2.92. The number of imide groups is 1. The molecule has 2 rings (SSSR count). The number of carbonyl (C=O) groups is 2. The highest BCUT2D eigenvalue weighted by Gasteiger charge is 2.45.